The second-order valence-electron chi connectivity index (χ2n) is 9.24. The van der Waals surface area contributed by atoms with Crippen LogP contribution in [-0.2, 0) is 16.1 Å². The Morgan fingerprint density at radius 3 is 2.74 bits per heavy atom. The third kappa shape index (κ3) is 3.91. The van der Waals surface area contributed by atoms with Gasteiger partial charge in [0.05, 0.1) is 47.9 Å². The third-order valence-corrected chi connectivity index (χ3v) is 6.55. The van der Waals surface area contributed by atoms with Gasteiger partial charge in [0.1, 0.15) is 17.8 Å². The normalized spacial score (nSPS) is 16.6. The molecular formula is C25H25N7O3. The molecule has 10 heteroatoms. The lowest BCUT2D eigenvalue weighted by atomic mass is 10.1. The highest BCUT2D eigenvalue weighted by atomic mass is 16.5. The molecule has 3 aromatic rings. The summed E-state index contributed by atoms with van der Waals surface area (Å²) in [5.74, 6) is 3.68. The van der Waals surface area contributed by atoms with Crippen LogP contribution in [0.2, 0.25) is 0 Å². The summed E-state index contributed by atoms with van der Waals surface area (Å²) in [5, 5.41) is 11.0. The van der Waals surface area contributed by atoms with Gasteiger partial charge in [0, 0.05) is 19.0 Å². The highest BCUT2D eigenvalue weighted by Crippen LogP contribution is 2.42. The van der Waals surface area contributed by atoms with Gasteiger partial charge in [0.2, 0.25) is 5.91 Å². The van der Waals surface area contributed by atoms with Crippen LogP contribution in [0.3, 0.4) is 0 Å². The van der Waals surface area contributed by atoms with Crippen LogP contribution >= 0.6 is 0 Å². The van der Waals surface area contributed by atoms with Gasteiger partial charge in [0.15, 0.2) is 17.5 Å². The average molecular weight is 472 g/mol. The van der Waals surface area contributed by atoms with Crippen LogP contribution in [0, 0.1) is 5.92 Å². The Morgan fingerprint density at radius 1 is 1.20 bits per heavy atom. The number of nitrogens with zero attached hydrogens (tertiary/aromatic N) is 5. The highest BCUT2D eigenvalue weighted by Gasteiger charge is 2.32. The molecular weight excluding hydrogens is 446 g/mol. The lowest BCUT2D eigenvalue weighted by Crippen LogP contribution is -2.15. The Labute approximate surface area is 202 Å². The molecule has 1 aliphatic heterocycles. The number of fused-ring (bicyclic) bond motifs is 1. The highest BCUT2D eigenvalue weighted by molar-refractivity contribution is 5.98. The van der Waals surface area contributed by atoms with Crippen molar-refractivity contribution in [1.82, 2.24) is 24.6 Å². The molecule has 0 spiro atoms. The van der Waals surface area contributed by atoms with Crippen molar-refractivity contribution in [2.45, 2.75) is 38.3 Å². The summed E-state index contributed by atoms with van der Waals surface area (Å²) in [6.45, 7) is 0.446. The lowest BCUT2D eigenvalue weighted by molar-refractivity contribution is -0.117. The summed E-state index contributed by atoms with van der Waals surface area (Å²) >= 11 is 0. The number of nitrogens with one attached hydrogen (secondary N) is 2. The zero-order valence-corrected chi connectivity index (χ0v) is 19.5. The molecule has 35 heavy (non-hydrogen) atoms. The van der Waals surface area contributed by atoms with Gasteiger partial charge in [-0.25, -0.2) is 19.4 Å². The molecule has 3 heterocycles. The molecule has 10 nitrogen and oxygen atoms in total. The molecule has 2 saturated carbocycles. The zero-order chi connectivity index (χ0) is 24.1. The molecule has 0 atom stereocenters. The van der Waals surface area contributed by atoms with E-state index >= 15 is 0 Å². The first kappa shape index (κ1) is 21.4. The number of carbonyl (C=O) groups excluding carboxylic acids is 2. The molecule has 178 valence electrons. The molecule has 0 unspecified atom stereocenters. The van der Waals surface area contributed by atoms with Crippen molar-refractivity contribution in [3.8, 4) is 17.1 Å². The maximum absolute atomic E-state index is 12.4. The van der Waals surface area contributed by atoms with Crippen LogP contribution in [0.25, 0.3) is 17.1 Å². The average Bonchev–Trinajstić information content (AvgIpc) is 3.79. The Hall–Kier alpha value is -4.17. The van der Waals surface area contributed by atoms with Crippen LogP contribution in [-0.4, -0.2) is 50.7 Å². The fraction of sp³-hybridized carbons (Fsp3) is 0.360. The molecule has 3 aliphatic rings. The van der Waals surface area contributed by atoms with Crippen LogP contribution in [0.4, 0.5) is 17.2 Å². The molecule has 2 aliphatic carbocycles. The van der Waals surface area contributed by atoms with Crippen molar-refractivity contribution in [3.05, 3.63) is 41.9 Å². The predicted molar refractivity (Wildman–Crippen MR) is 130 cm³/mol. The maximum Gasteiger partial charge on any atom is 0.228 e. The Balaban J connectivity index is 1.40. The fourth-order valence-corrected chi connectivity index (χ4v) is 4.43. The van der Waals surface area contributed by atoms with Crippen molar-refractivity contribution >= 4 is 34.7 Å². The topological polar surface area (TPSA) is 114 Å². The van der Waals surface area contributed by atoms with E-state index in [0.29, 0.717) is 58.3 Å². The number of ether oxygens (including phenoxy) is 1. The van der Waals surface area contributed by atoms with Gasteiger partial charge in [0.25, 0.3) is 0 Å². The van der Waals surface area contributed by atoms with Gasteiger partial charge < -0.3 is 20.3 Å². The summed E-state index contributed by atoms with van der Waals surface area (Å²) in [5.41, 5.74) is 3.84. The number of methoxy groups -OCH3 is 1. The number of hydrogen-bond acceptors (Lipinski definition) is 8. The SMILES string of the molecule is COc1c(Nc2cc(NC(=O)C3CC3)nc3c2C(=C=O)N(C)C3)cccc1-c1ncn(C2CC2)n1. The minimum Gasteiger partial charge on any atom is -0.494 e. The number of pyridine rings is 1. The number of hydrogen-bond donors (Lipinski definition) is 2. The maximum atomic E-state index is 12.4. The van der Waals surface area contributed by atoms with Gasteiger partial charge in [-0.15, -0.1) is 0 Å². The van der Waals surface area contributed by atoms with Gasteiger partial charge in [-0.05, 0) is 37.8 Å². The largest absolute Gasteiger partial charge is 0.494 e. The molecule has 6 rings (SSSR count). The van der Waals surface area contributed by atoms with E-state index in [4.69, 9.17) is 4.74 Å². The molecule has 2 N–H and O–H groups in total. The van der Waals surface area contributed by atoms with Crippen molar-refractivity contribution in [1.29, 1.82) is 0 Å². The van der Waals surface area contributed by atoms with Crippen molar-refractivity contribution in [2.75, 3.05) is 24.8 Å². The van der Waals surface area contributed by atoms with Crippen molar-refractivity contribution in [3.63, 3.8) is 0 Å². The summed E-state index contributed by atoms with van der Waals surface area (Å²) < 4.78 is 7.68. The lowest BCUT2D eigenvalue weighted by Gasteiger charge is -2.17. The van der Waals surface area contributed by atoms with E-state index in [1.54, 1.807) is 24.4 Å². The number of para-hydroxylation sites is 1. The van der Waals surface area contributed by atoms with Gasteiger partial charge in [-0.1, -0.05) is 6.07 Å². The monoisotopic (exact) mass is 471 g/mol. The van der Waals surface area contributed by atoms with E-state index < -0.39 is 0 Å². The molecule has 1 aromatic carbocycles. The Morgan fingerprint density at radius 2 is 2.03 bits per heavy atom. The molecule has 0 bridgehead atoms. The van der Waals surface area contributed by atoms with Gasteiger partial charge >= 0.3 is 0 Å². The van der Waals surface area contributed by atoms with E-state index in [1.165, 1.54) is 0 Å². The molecule has 2 fully saturated rings. The van der Waals surface area contributed by atoms with Crippen LogP contribution in [0.5, 0.6) is 5.75 Å². The van der Waals surface area contributed by atoms with Gasteiger partial charge in [-0.3, -0.25) is 4.79 Å². The van der Waals surface area contributed by atoms with E-state index in [-0.39, 0.29) is 11.8 Å². The van der Waals surface area contributed by atoms with E-state index in [2.05, 4.69) is 25.7 Å². The number of carbonyl (C=O) groups is 1. The van der Waals surface area contributed by atoms with Crippen LogP contribution in [0.15, 0.2) is 30.6 Å². The number of benzene rings is 1. The van der Waals surface area contributed by atoms with Crippen LogP contribution in [0.1, 0.15) is 43.0 Å². The zero-order valence-electron chi connectivity index (χ0n) is 19.5. The quantitative estimate of drug-likeness (QED) is 0.504. The Kier molecular flexibility index (Phi) is 5.04. The first-order chi connectivity index (χ1) is 17.1. The van der Waals surface area contributed by atoms with E-state index in [9.17, 15) is 9.59 Å². The Bertz CT molecular complexity index is 1380. The number of rotatable bonds is 7. The van der Waals surface area contributed by atoms with Crippen molar-refractivity contribution in [2.24, 2.45) is 5.92 Å². The number of amides is 1. The minimum absolute atomic E-state index is 0.0298. The second-order valence-corrected chi connectivity index (χ2v) is 9.24. The van der Waals surface area contributed by atoms with Crippen LogP contribution < -0.4 is 15.4 Å². The minimum atomic E-state index is -0.0298. The standard InChI is InChI=1S/C25H25N7O3/c1-31-11-19-22(20(31)12-33)18(10-21(28-19)29-25(34)14-6-7-14)27-17-5-3-4-16(23(17)35-2)24-26-13-32(30-24)15-8-9-15/h3-5,10,13-15H,6-9,11H2,1-2H3,(H2,27,28,29,34). The number of anilines is 3. The molecule has 0 saturated heterocycles. The predicted octanol–water partition coefficient (Wildman–Crippen LogP) is 3.39. The summed E-state index contributed by atoms with van der Waals surface area (Å²) in [6, 6.07) is 7.88. The third-order valence-electron chi connectivity index (χ3n) is 6.55. The second kappa shape index (κ2) is 8.25. The first-order valence-corrected chi connectivity index (χ1v) is 11.7. The fourth-order valence-electron chi connectivity index (χ4n) is 4.43. The van der Waals surface area contributed by atoms with Gasteiger partial charge in [-0.2, -0.15) is 5.10 Å². The molecule has 1 amide bonds. The van der Waals surface area contributed by atoms with E-state index in [1.807, 2.05) is 35.9 Å². The summed E-state index contributed by atoms with van der Waals surface area (Å²) in [7, 11) is 3.42. The number of aromatic nitrogens is 4. The van der Waals surface area contributed by atoms with E-state index in [0.717, 1.165) is 31.2 Å². The first-order valence-electron chi connectivity index (χ1n) is 11.7. The molecule has 0 radical (unpaired) electrons. The summed E-state index contributed by atoms with van der Waals surface area (Å²) in [6.07, 6.45) is 5.80. The summed E-state index contributed by atoms with van der Waals surface area (Å²) in [4.78, 5) is 35.1. The molecule has 2 aromatic heterocycles. The smallest absolute Gasteiger partial charge is 0.228 e. The van der Waals surface area contributed by atoms with Crippen molar-refractivity contribution < 1.29 is 14.3 Å².